The minimum Gasteiger partial charge on any atom is -0.471 e. The van der Waals surface area contributed by atoms with Crippen LogP contribution in [-0.4, -0.2) is 46.4 Å². The predicted molar refractivity (Wildman–Crippen MR) is 80.8 cm³/mol. The van der Waals surface area contributed by atoms with Crippen molar-refractivity contribution in [2.75, 3.05) is 18.1 Å². The lowest BCUT2D eigenvalue weighted by atomic mass is 10.1. The van der Waals surface area contributed by atoms with Gasteiger partial charge in [-0.05, 0) is 25.0 Å². The van der Waals surface area contributed by atoms with Crippen molar-refractivity contribution in [1.82, 2.24) is 15.0 Å². The first kappa shape index (κ1) is 13.5. The maximum absolute atomic E-state index is 6.03. The first-order valence-electron chi connectivity index (χ1n) is 7.65. The molecule has 1 aliphatic heterocycles. The smallest absolute Gasteiger partial charge is 0.225 e. The van der Waals surface area contributed by atoms with Gasteiger partial charge < -0.3 is 14.4 Å². The van der Waals surface area contributed by atoms with E-state index in [1.54, 1.807) is 18.6 Å². The molecule has 6 heteroatoms. The summed E-state index contributed by atoms with van der Waals surface area (Å²) in [5.41, 5.74) is 0. The van der Waals surface area contributed by atoms with Gasteiger partial charge in [0.1, 0.15) is 12.2 Å². The number of ether oxygens (including phenoxy) is 2. The fourth-order valence-corrected chi connectivity index (χ4v) is 3.30. The van der Waals surface area contributed by atoms with Crippen molar-refractivity contribution in [3.8, 4) is 5.88 Å². The van der Waals surface area contributed by atoms with Gasteiger partial charge in [0.05, 0.1) is 12.6 Å². The molecule has 1 aliphatic carbocycles. The molecule has 0 aromatic carbocycles. The van der Waals surface area contributed by atoms with Crippen molar-refractivity contribution in [3.05, 3.63) is 42.9 Å². The van der Waals surface area contributed by atoms with E-state index in [2.05, 4.69) is 19.9 Å². The van der Waals surface area contributed by atoms with Crippen molar-refractivity contribution < 1.29 is 9.47 Å². The highest BCUT2D eigenvalue weighted by molar-refractivity contribution is 5.33. The fraction of sp³-hybridized carbons (Fsp3) is 0.438. The van der Waals surface area contributed by atoms with Crippen molar-refractivity contribution in [2.45, 2.75) is 31.1 Å². The van der Waals surface area contributed by atoms with Crippen LogP contribution in [-0.2, 0) is 4.74 Å². The molecule has 0 spiro atoms. The largest absolute Gasteiger partial charge is 0.471 e. The van der Waals surface area contributed by atoms with Crippen LogP contribution in [0.3, 0.4) is 0 Å². The first-order valence-corrected chi connectivity index (χ1v) is 7.65. The third-order valence-corrected chi connectivity index (χ3v) is 4.25. The molecule has 0 bridgehead atoms. The second kappa shape index (κ2) is 5.88. The number of rotatable bonds is 3. The van der Waals surface area contributed by atoms with Gasteiger partial charge in [0.15, 0.2) is 0 Å². The molecule has 1 saturated heterocycles. The van der Waals surface area contributed by atoms with E-state index >= 15 is 0 Å². The van der Waals surface area contributed by atoms with E-state index in [1.165, 1.54) is 0 Å². The highest BCUT2D eigenvalue weighted by Crippen LogP contribution is 2.33. The van der Waals surface area contributed by atoms with Crippen LogP contribution < -0.4 is 9.64 Å². The summed E-state index contributed by atoms with van der Waals surface area (Å²) in [4.78, 5) is 15.2. The predicted octanol–water partition coefficient (Wildman–Crippen LogP) is 1.69. The lowest BCUT2D eigenvalue weighted by Crippen LogP contribution is -2.53. The second-order valence-electron chi connectivity index (χ2n) is 5.55. The van der Waals surface area contributed by atoms with E-state index in [0.717, 1.165) is 25.3 Å². The molecule has 1 saturated carbocycles. The number of aromatic nitrogens is 3. The van der Waals surface area contributed by atoms with Crippen molar-refractivity contribution in [3.63, 3.8) is 0 Å². The van der Waals surface area contributed by atoms with Gasteiger partial charge in [0.25, 0.3) is 0 Å². The summed E-state index contributed by atoms with van der Waals surface area (Å²) in [7, 11) is 0. The van der Waals surface area contributed by atoms with E-state index in [0.29, 0.717) is 12.5 Å². The zero-order chi connectivity index (χ0) is 14.8. The number of morpholine rings is 1. The number of fused-ring (bicyclic) bond motifs is 1. The lowest BCUT2D eigenvalue weighted by molar-refractivity contribution is -0.0322. The Balaban J connectivity index is 1.51. The molecule has 114 valence electrons. The first-order chi connectivity index (χ1) is 10.9. The summed E-state index contributed by atoms with van der Waals surface area (Å²) < 4.78 is 12.0. The minimum atomic E-state index is 0.0337. The second-order valence-corrected chi connectivity index (χ2v) is 5.55. The number of anilines is 1. The molecule has 2 fully saturated rings. The van der Waals surface area contributed by atoms with Crippen LogP contribution in [0.15, 0.2) is 42.9 Å². The highest BCUT2D eigenvalue weighted by Gasteiger charge is 2.45. The van der Waals surface area contributed by atoms with E-state index in [1.807, 2.05) is 24.3 Å². The maximum atomic E-state index is 6.03. The summed E-state index contributed by atoms with van der Waals surface area (Å²) in [5, 5.41) is 0. The van der Waals surface area contributed by atoms with Crippen LogP contribution in [0, 0.1) is 0 Å². The summed E-state index contributed by atoms with van der Waals surface area (Å²) in [5.74, 6) is 1.43. The molecule has 2 aromatic heterocycles. The van der Waals surface area contributed by atoms with Crippen LogP contribution in [0.4, 0.5) is 5.95 Å². The van der Waals surface area contributed by atoms with Crippen LogP contribution in [0.5, 0.6) is 5.88 Å². The topological polar surface area (TPSA) is 60.4 Å². The highest BCUT2D eigenvalue weighted by atomic mass is 16.5. The number of hydrogen-bond acceptors (Lipinski definition) is 6. The monoisotopic (exact) mass is 298 g/mol. The summed E-state index contributed by atoms with van der Waals surface area (Å²) in [6.07, 6.45) is 7.35. The Morgan fingerprint density at radius 3 is 2.73 bits per heavy atom. The minimum absolute atomic E-state index is 0.0337. The Morgan fingerprint density at radius 1 is 1.05 bits per heavy atom. The summed E-state index contributed by atoms with van der Waals surface area (Å²) in [6.45, 7) is 1.49. The van der Waals surface area contributed by atoms with Crippen molar-refractivity contribution in [1.29, 1.82) is 0 Å². The quantitative estimate of drug-likeness (QED) is 0.859. The fourth-order valence-electron chi connectivity index (χ4n) is 3.30. The van der Waals surface area contributed by atoms with Crippen molar-refractivity contribution in [2.24, 2.45) is 0 Å². The van der Waals surface area contributed by atoms with Gasteiger partial charge in [-0.2, -0.15) is 0 Å². The molecular weight excluding hydrogens is 280 g/mol. The Kier molecular flexibility index (Phi) is 3.60. The molecule has 4 rings (SSSR count). The third-order valence-electron chi connectivity index (χ3n) is 4.25. The van der Waals surface area contributed by atoms with Gasteiger partial charge in [-0.3, -0.25) is 0 Å². The van der Waals surface area contributed by atoms with Gasteiger partial charge in [-0.25, -0.2) is 15.0 Å². The zero-order valence-corrected chi connectivity index (χ0v) is 12.2. The van der Waals surface area contributed by atoms with Crippen LogP contribution in [0.1, 0.15) is 12.8 Å². The van der Waals surface area contributed by atoms with E-state index in [4.69, 9.17) is 9.47 Å². The average molecular weight is 298 g/mol. The molecule has 6 nitrogen and oxygen atoms in total. The van der Waals surface area contributed by atoms with E-state index in [-0.39, 0.29) is 18.2 Å². The summed E-state index contributed by atoms with van der Waals surface area (Å²) >= 11 is 0. The SMILES string of the molecule is c1ccc(O[C@@H]2CC[C@@H]3[C@H]2OCCN3c2ncccn2)nc1. The van der Waals surface area contributed by atoms with Gasteiger partial charge in [-0.15, -0.1) is 0 Å². The molecule has 0 N–H and O–H groups in total. The number of pyridine rings is 1. The van der Waals surface area contributed by atoms with E-state index < -0.39 is 0 Å². The van der Waals surface area contributed by atoms with Crippen LogP contribution in [0.2, 0.25) is 0 Å². The zero-order valence-electron chi connectivity index (χ0n) is 12.2. The van der Waals surface area contributed by atoms with E-state index in [9.17, 15) is 0 Å². The van der Waals surface area contributed by atoms with Crippen LogP contribution >= 0.6 is 0 Å². The molecule has 2 aliphatic rings. The Hall–Kier alpha value is -2.21. The molecule has 3 atom stereocenters. The molecule has 22 heavy (non-hydrogen) atoms. The standard InChI is InChI=1S/C16H18N4O2/c1-2-7-17-14(4-1)22-13-6-5-12-15(13)21-11-10-20(12)16-18-8-3-9-19-16/h1-4,7-9,12-13,15H,5-6,10-11H2/t12-,13-,15-/m1/s1. The van der Waals surface area contributed by atoms with Gasteiger partial charge >= 0.3 is 0 Å². The van der Waals surface area contributed by atoms with Gasteiger partial charge in [-0.1, -0.05) is 6.07 Å². The maximum Gasteiger partial charge on any atom is 0.225 e. The molecule has 0 unspecified atom stereocenters. The molecular formula is C16H18N4O2. The number of hydrogen-bond donors (Lipinski definition) is 0. The lowest BCUT2D eigenvalue weighted by Gasteiger charge is -2.38. The van der Waals surface area contributed by atoms with Gasteiger partial charge in [0.2, 0.25) is 11.8 Å². The molecule has 0 amide bonds. The normalized spacial score (nSPS) is 27.5. The Bertz CT molecular complexity index is 610. The van der Waals surface area contributed by atoms with Crippen molar-refractivity contribution >= 4 is 5.95 Å². The molecule has 3 heterocycles. The van der Waals surface area contributed by atoms with Gasteiger partial charge in [0, 0.05) is 31.2 Å². The number of nitrogens with zero attached hydrogens (tertiary/aromatic N) is 4. The molecule has 0 radical (unpaired) electrons. The van der Waals surface area contributed by atoms with Crippen LogP contribution in [0.25, 0.3) is 0 Å². The molecule has 2 aromatic rings. The summed E-state index contributed by atoms with van der Waals surface area (Å²) in [6, 6.07) is 7.80. The average Bonchev–Trinajstić information content (AvgIpc) is 3.00. The Labute approximate surface area is 129 Å². The Morgan fingerprint density at radius 2 is 1.91 bits per heavy atom. The third kappa shape index (κ3) is 2.50.